The molecule has 0 radical (unpaired) electrons. The fourth-order valence-corrected chi connectivity index (χ4v) is 2.63. The van der Waals surface area contributed by atoms with Gasteiger partial charge in [-0.2, -0.15) is 13.2 Å². The molecule has 2 aromatic carbocycles. The maximum Gasteiger partial charge on any atom is 0.417 e. The molecule has 0 aromatic heterocycles. The molecule has 0 spiro atoms. The summed E-state index contributed by atoms with van der Waals surface area (Å²) in [6.45, 7) is 3.43. The van der Waals surface area contributed by atoms with Crippen molar-refractivity contribution in [1.82, 2.24) is 0 Å². The Bertz CT molecular complexity index is 706. The summed E-state index contributed by atoms with van der Waals surface area (Å²) < 4.78 is 44.4. The molecule has 0 heterocycles. The molecule has 0 N–H and O–H groups in total. The molecule has 0 fully saturated rings. The Labute approximate surface area is 145 Å². The van der Waals surface area contributed by atoms with Crippen LogP contribution in [0.5, 0.6) is 0 Å². The number of halogens is 3. The molecule has 0 amide bonds. The Hall–Kier alpha value is -2.30. The minimum Gasteiger partial charge on any atom is -0.456 e. The number of rotatable bonds is 6. The van der Waals surface area contributed by atoms with Crippen molar-refractivity contribution < 1.29 is 22.7 Å². The summed E-state index contributed by atoms with van der Waals surface area (Å²) in [5.74, 6) is -0.947. The molecule has 25 heavy (non-hydrogen) atoms. The topological polar surface area (TPSA) is 26.3 Å². The minimum absolute atomic E-state index is 0.453. The largest absolute Gasteiger partial charge is 0.456 e. The van der Waals surface area contributed by atoms with Crippen molar-refractivity contribution in [2.75, 3.05) is 0 Å². The van der Waals surface area contributed by atoms with Crippen molar-refractivity contribution in [3.8, 4) is 0 Å². The summed E-state index contributed by atoms with van der Waals surface area (Å²) in [6, 6.07) is 14.6. The van der Waals surface area contributed by atoms with Crippen LogP contribution in [0.2, 0.25) is 0 Å². The third kappa shape index (κ3) is 5.62. The number of benzene rings is 2. The quantitative estimate of drug-likeness (QED) is 0.628. The number of carbonyl (C=O) groups is 1. The number of aryl methyl sites for hydroxylation is 1. The van der Waals surface area contributed by atoms with Crippen molar-refractivity contribution in [2.24, 2.45) is 0 Å². The third-order valence-electron chi connectivity index (χ3n) is 3.91. The third-order valence-corrected chi connectivity index (χ3v) is 3.91. The van der Waals surface area contributed by atoms with E-state index in [1.807, 2.05) is 30.3 Å². The molecule has 0 saturated carbocycles. The van der Waals surface area contributed by atoms with Crippen LogP contribution in [0.3, 0.4) is 0 Å². The second-order valence-corrected chi connectivity index (χ2v) is 6.53. The average molecular weight is 350 g/mol. The van der Waals surface area contributed by atoms with Crippen LogP contribution in [0.15, 0.2) is 54.6 Å². The summed E-state index contributed by atoms with van der Waals surface area (Å²) in [5, 5.41) is 0. The maximum absolute atomic E-state index is 13.0. The first-order valence-corrected chi connectivity index (χ1v) is 8.12. The van der Waals surface area contributed by atoms with E-state index in [0.29, 0.717) is 6.42 Å². The van der Waals surface area contributed by atoms with Crippen LogP contribution in [0.4, 0.5) is 13.2 Å². The number of hydrogen-bond acceptors (Lipinski definition) is 2. The first kappa shape index (κ1) is 19.0. The zero-order valence-electron chi connectivity index (χ0n) is 14.3. The number of esters is 1. The summed E-state index contributed by atoms with van der Waals surface area (Å²) in [7, 11) is 0. The normalized spacial score (nSPS) is 12.0. The SMILES string of the molecule is CC(C)(CCCc1ccccc1)OC(=O)c1ccccc1C(F)(F)F. The second-order valence-electron chi connectivity index (χ2n) is 6.53. The molecule has 0 atom stereocenters. The highest BCUT2D eigenvalue weighted by atomic mass is 19.4. The maximum atomic E-state index is 13.0. The first-order valence-electron chi connectivity index (χ1n) is 8.12. The molecule has 2 nitrogen and oxygen atoms in total. The van der Waals surface area contributed by atoms with E-state index in [1.165, 1.54) is 17.7 Å². The molecule has 2 rings (SSSR count). The lowest BCUT2D eigenvalue weighted by Crippen LogP contribution is -2.29. The molecule has 0 bridgehead atoms. The average Bonchev–Trinajstić information content (AvgIpc) is 2.54. The van der Waals surface area contributed by atoms with E-state index >= 15 is 0 Å². The van der Waals surface area contributed by atoms with Gasteiger partial charge in [0.05, 0.1) is 11.1 Å². The van der Waals surface area contributed by atoms with Crippen LogP contribution in [0.1, 0.15) is 48.2 Å². The monoisotopic (exact) mass is 350 g/mol. The molecule has 0 saturated heterocycles. The van der Waals surface area contributed by atoms with Gasteiger partial charge in [-0.15, -0.1) is 0 Å². The van der Waals surface area contributed by atoms with Crippen LogP contribution in [-0.2, 0) is 17.3 Å². The fourth-order valence-electron chi connectivity index (χ4n) is 2.63. The van der Waals surface area contributed by atoms with Crippen molar-refractivity contribution in [3.63, 3.8) is 0 Å². The molecular weight excluding hydrogens is 329 g/mol. The Morgan fingerprint density at radius 3 is 2.20 bits per heavy atom. The summed E-state index contributed by atoms with van der Waals surface area (Å²) in [4.78, 5) is 12.2. The zero-order valence-corrected chi connectivity index (χ0v) is 14.3. The van der Waals surface area contributed by atoms with Crippen LogP contribution < -0.4 is 0 Å². The molecular formula is C20H21F3O2. The molecule has 0 aliphatic rings. The van der Waals surface area contributed by atoms with Crippen LogP contribution in [-0.4, -0.2) is 11.6 Å². The summed E-state index contributed by atoms with van der Waals surface area (Å²) >= 11 is 0. The number of ether oxygens (including phenoxy) is 1. The molecule has 0 aliphatic heterocycles. The van der Waals surface area contributed by atoms with Crippen molar-refractivity contribution in [1.29, 1.82) is 0 Å². The predicted octanol–water partition coefficient (Wildman–Crippen LogP) is 5.66. The standard InChI is InChI=1S/C20H21F3O2/c1-19(2,14-8-11-15-9-4-3-5-10-15)25-18(24)16-12-6-7-13-17(16)20(21,22)23/h3-7,9-10,12-13H,8,11,14H2,1-2H3. The lowest BCUT2D eigenvalue weighted by molar-refractivity contribution is -0.138. The lowest BCUT2D eigenvalue weighted by atomic mass is 9.98. The molecule has 134 valence electrons. The highest BCUT2D eigenvalue weighted by molar-refractivity contribution is 5.91. The van der Waals surface area contributed by atoms with Gasteiger partial charge in [-0.1, -0.05) is 42.5 Å². The minimum atomic E-state index is -4.59. The summed E-state index contributed by atoms with van der Waals surface area (Å²) in [6.07, 6.45) is -2.44. The molecule has 2 aromatic rings. The molecule has 0 unspecified atom stereocenters. The Morgan fingerprint density at radius 2 is 1.56 bits per heavy atom. The van der Waals surface area contributed by atoms with Crippen LogP contribution in [0.25, 0.3) is 0 Å². The molecule has 0 aliphatic carbocycles. The smallest absolute Gasteiger partial charge is 0.417 e. The van der Waals surface area contributed by atoms with Gasteiger partial charge in [-0.3, -0.25) is 0 Å². The van der Waals surface area contributed by atoms with Gasteiger partial charge >= 0.3 is 12.1 Å². The highest BCUT2D eigenvalue weighted by Crippen LogP contribution is 2.33. The Balaban J connectivity index is 1.99. The highest BCUT2D eigenvalue weighted by Gasteiger charge is 2.36. The molecule has 5 heteroatoms. The van der Waals surface area contributed by atoms with Gasteiger partial charge in [0.15, 0.2) is 0 Å². The number of alkyl halides is 3. The Kier molecular flexibility index (Phi) is 5.88. The van der Waals surface area contributed by atoms with Gasteiger partial charge in [0, 0.05) is 0 Å². The first-order chi connectivity index (χ1) is 11.7. The van der Waals surface area contributed by atoms with Crippen molar-refractivity contribution >= 4 is 5.97 Å². The lowest BCUT2D eigenvalue weighted by Gasteiger charge is -2.26. The number of carbonyl (C=O) groups excluding carboxylic acids is 1. The van der Waals surface area contributed by atoms with Gasteiger partial charge in [-0.05, 0) is 50.8 Å². The van der Waals surface area contributed by atoms with Gasteiger partial charge < -0.3 is 4.74 Å². The van der Waals surface area contributed by atoms with E-state index in [1.54, 1.807) is 13.8 Å². The zero-order chi connectivity index (χ0) is 18.5. The van der Waals surface area contributed by atoms with Crippen LogP contribution in [0, 0.1) is 0 Å². The van der Waals surface area contributed by atoms with E-state index < -0.39 is 28.9 Å². The van der Waals surface area contributed by atoms with E-state index in [9.17, 15) is 18.0 Å². The fraction of sp³-hybridized carbons (Fsp3) is 0.350. The van der Waals surface area contributed by atoms with E-state index in [0.717, 1.165) is 25.0 Å². The van der Waals surface area contributed by atoms with Gasteiger partial charge in [0.2, 0.25) is 0 Å². The Morgan fingerprint density at radius 1 is 0.960 bits per heavy atom. The van der Waals surface area contributed by atoms with E-state index in [4.69, 9.17) is 4.74 Å². The van der Waals surface area contributed by atoms with Gasteiger partial charge in [0.1, 0.15) is 5.60 Å². The van der Waals surface area contributed by atoms with Crippen LogP contribution >= 0.6 is 0 Å². The van der Waals surface area contributed by atoms with Gasteiger partial charge in [0.25, 0.3) is 0 Å². The predicted molar refractivity (Wildman–Crippen MR) is 90.3 cm³/mol. The number of hydrogen-bond donors (Lipinski definition) is 0. The van der Waals surface area contributed by atoms with Crippen molar-refractivity contribution in [3.05, 3.63) is 71.3 Å². The van der Waals surface area contributed by atoms with Crippen molar-refractivity contribution in [2.45, 2.75) is 44.9 Å². The van der Waals surface area contributed by atoms with E-state index in [2.05, 4.69) is 0 Å². The van der Waals surface area contributed by atoms with Gasteiger partial charge in [-0.25, -0.2) is 4.79 Å². The second kappa shape index (κ2) is 7.72. The van der Waals surface area contributed by atoms with E-state index in [-0.39, 0.29) is 0 Å². The summed E-state index contributed by atoms with van der Waals surface area (Å²) in [5.41, 5.74) is -1.09.